The lowest BCUT2D eigenvalue weighted by molar-refractivity contribution is 0.0896. The monoisotopic (exact) mass is 1010 g/mol. The van der Waals surface area contributed by atoms with Crippen molar-refractivity contribution in [1.82, 2.24) is 49.5 Å². The highest BCUT2D eigenvalue weighted by Gasteiger charge is 2.35. The van der Waals surface area contributed by atoms with E-state index in [1.807, 2.05) is 44.2 Å². The van der Waals surface area contributed by atoms with Crippen molar-refractivity contribution in [3.63, 3.8) is 0 Å². The van der Waals surface area contributed by atoms with Gasteiger partial charge in [0.15, 0.2) is 0 Å². The zero-order valence-electron chi connectivity index (χ0n) is 40.2. The average molecular weight is 1020 g/mol. The number of aryl methyl sites for hydroxylation is 2. The van der Waals surface area contributed by atoms with Crippen LogP contribution >= 0.6 is 46.4 Å². The Balaban J connectivity index is 0.000000160. The Hall–Kier alpha value is -3.42. The predicted octanol–water partition coefficient (Wildman–Crippen LogP) is 8.68. The van der Waals surface area contributed by atoms with E-state index < -0.39 is 0 Å². The molecule has 0 saturated carbocycles. The SMILES string of the molecule is CCC1CCCN1CNc1nc(Nc2ccc(C)c(Cl)c2)nc(NC2CN3CCC2CC3)n1.CCN1CCCC1CN.Cc1ccc(Nc2nc(Cl)nc(Cl)n2)cc1Cl.NC1CN2CCC1CC2. The first-order valence-electron chi connectivity index (χ1n) is 24.6. The van der Waals surface area contributed by atoms with Gasteiger partial charge in [-0.2, -0.15) is 29.9 Å². The van der Waals surface area contributed by atoms with E-state index in [9.17, 15) is 0 Å². The van der Waals surface area contributed by atoms with Crippen LogP contribution in [-0.4, -0.2) is 146 Å². The van der Waals surface area contributed by atoms with Crippen LogP contribution in [0.4, 0.5) is 35.2 Å². The van der Waals surface area contributed by atoms with Crippen LogP contribution in [-0.2, 0) is 0 Å². The third kappa shape index (κ3) is 15.0. The van der Waals surface area contributed by atoms with Gasteiger partial charge in [-0.15, -0.1) is 0 Å². The number of aromatic nitrogens is 6. The molecule has 372 valence electrons. The van der Waals surface area contributed by atoms with E-state index in [0.717, 1.165) is 66.3 Å². The van der Waals surface area contributed by atoms with Gasteiger partial charge in [-0.1, -0.05) is 49.2 Å². The van der Waals surface area contributed by atoms with Crippen LogP contribution in [0, 0.1) is 25.7 Å². The summed E-state index contributed by atoms with van der Waals surface area (Å²) < 4.78 is 0. The molecule has 2 aromatic carbocycles. The Morgan fingerprint density at radius 1 is 0.603 bits per heavy atom. The number of rotatable bonds is 12. The van der Waals surface area contributed by atoms with Gasteiger partial charge >= 0.3 is 0 Å². The average Bonchev–Trinajstić information content (AvgIpc) is 4.01. The Kier molecular flexibility index (Phi) is 19.7. The second-order valence-electron chi connectivity index (χ2n) is 18.9. The number of benzene rings is 2. The molecule has 0 amide bonds. The van der Waals surface area contributed by atoms with Crippen LogP contribution in [0.5, 0.6) is 0 Å². The zero-order chi connectivity index (χ0) is 48.2. The van der Waals surface area contributed by atoms with Crippen molar-refractivity contribution in [2.75, 3.05) is 93.4 Å². The molecule has 4 atom stereocenters. The molecule has 8 aliphatic heterocycles. The topological polar surface area (TPSA) is 190 Å². The summed E-state index contributed by atoms with van der Waals surface area (Å²) in [7, 11) is 0. The molecule has 8 saturated heterocycles. The van der Waals surface area contributed by atoms with Crippen molar-refractivity contribution in [2.24, 2.45) is 23.3 Å². The number of piperidine rings is 6. The molecule has 20 heteroatoms. The third-order valence-electron chi connectivity index (χ3n) is 14.3. The number of nitrogens with zero attached hydrogens (tertiary/aromatic N) is 10. The van der Waals surface area contributed by atoms with Crippen LogP contribution in [0.25, 0.3) is 0 Å². The number of likely N-dealkylation sites (tertiary alicyclic amines) is 2. The Labute approximate surface area is 423 Å². The lowest BCUT2D eigenvalue weighted by Crippen LogP contribution is -2.54. The third-order valence-corrected chi connectivity index (χ3v) is 15.5. The number of halogens is 4. The number of nitrogens with one attached hydrogen (secondary N) is 4. The molecule has 10 heterocycles. The number of hydrogen-bond donors (Lipinski definition) is 6. The van der Waals surface area contributed by atoms with E-state index in [0.29, 0.717) is 53.0 Å². The standard InChI is InChI=1S/C24H35ClN8.C10H7Cl3N4.C7H14N2.C7H16N2/c1-3-19-5-4-10-33(19)15-26-22-29-23(27-18-7-6-16(2)20(25)13-18)31-24(30-22)28-21-14-32-11-8-17(21)9-12-32;1-5-2-3-6(4-7(5)11)14-10-16-8(12)15-9(13)17-10;8-7-5-9-3-1-6(7)2-4-9;1-2-9-5-3-4-7(9)6-8/h6-7,13,17,19,21H,3-5,8-12,14-15H2,1-2H3,(H3,26,27,28,29,30,31);2-4H,1H3,(H,14,15,16,17);6-7H,1-5,8H2;7H,2-6,8H2,1H3. The number of fused-ring (bicyclic) bond motifs is 6. The minimum absolute atomic E-state index is 0.0331. The molecule has 4 aromatic rings. The van der Waals surface area contributed by atoms with Gasteiger partial charge in [-0.25, -0.2) is 0 Å². The highest BCUT2D eigenvalue weighted by molar-refractivity contribution is 6.32. The summed E-state index contributed by atoms with van der Waals surface area (Å²) in [6.07, 6.45) is 11.5. The van der Waals surface area contributed by atoms with Crippen molar-refractivity contribution in [3.8, 4) is 0 Å². The smallest absolute Gasteiger partial charge is 0.233 e. The minimum atomic E-state index is 0.0331. The highest BCUT2D eigenvalue weighted by atomic mass is 35.5. The van der Waals surface area contributed by atoms with Gasteiger partial charge in [0.2, 0.25) is 34.4 Å². The van der Waals surface area contributed by atoms with Gasteiger partial charge in [0.25, 0.3) is 0 Å². The number of hydrogen-bond acceptors (Lipinski definition) is 16. The van der Waals surface area contributed by atoms with E-state index in [4.69, 9.17) is 67.8 Å². The lowest BCUT2D eigenvalue weighted by atomic mass is 9.84. The van der Waals surface area contributed by atoms with Crippen molar-refractivity contribution < 1.29 is 0 Å². The summed E-state index contributed by atoms with van der Waals surface area (Å²) in [6.45, 7) is 20.8. The van der Waals surface area contributed by atoms with Crippen molar-refractivity contribution in [3.05, 3.63) is 68.1 Å². The number of nitrogens with two attached hydrogens (primary N) is 2. The minimum Gasteiger partial charge on any atom is -0.350 e. The molecular weight excluding hydrogens is 942 g/mol. The van der Waals surface area contributed by atoms with Crippen LogP contribution in [0.15, 0.2) is 36.4 Å². The Morgan fingerprint density at radius 3 is 1.60 bits per heavy atom. The van der Waals surface area contributed by atoms with E-state index in [1.165, 1.54) is 97.1 Å². The Morgan fingerprint density at radius 2 is 1.13 bits per heavy atom. The van der Waals surface area contributed by atoms with Gasteiger partial charge < -0.3 is 42.5 Å². The summed E-state index contributed by atoms with van der Waals surface area (Å²) in [5, 5.41) is 14.8. The fourth-order valence-corrected chi connectivity index (χ4v) is 10.9. The first-order valence-corrected chi connectivity index (χ1v) is 26.2. The normalized spacial score (nSPS) is 26.1. The summed E-state index contributed by atoms with van der Waals surface area (Å²) in [5.74, 6) is 3.55. The molecule has 8 N–H and O–H groups in total. The summed E-state index contributed by atoms with van der Waals surface area (Å²) in [4.78, 5) is 35.5. The molecule has 0 aliphatic carbocycles. The van der Waals surface area contributed by atoms with Gasteiger partial charge in [-0.05, 0) is 181 Å². The predicted molar refractivity (Wildman–Crippen MR) is 280 cm³/mol. The zero-order valence-corrected chi connectivity index (χ0v) is 43.2. The quantitative estimate of drug-likeness (QED) is 0.0790. The molecule has 8 fully saturated rings. The second-order valence-corrected chi connectivity index (χ2v) is 20.4. The second kappa shape index (κ2) is 25.6. The van der Waals surface area contributed by atoms with Gasteiger partial charge in [0, 0.05) is 71.8 Å². The lowest BCUT2D eigenvalue weighted by Gasteiger charge is -2.44. The van der Waals surface area contributed by atoms with Gasteiger partial charge in [0.1, 0.15) is 0 Å². The maximum atomic E-state index is 6.33. The molecule has 0 spiro atoms. The highest BCUT2D eigenvalue weighted by Crippen LogP contribution is 2.31. The molecule has 2 aromatic heterocycles. The molecule has 12 rings (SSSR count). The fraction of sp³-hybridized carbons (Fsp3) is 0.625. The molecule has 4 unspecified atom stereocenters. The summed E-state index contributed by atoms with van der Waals surface area (Å²) in [5.41, 5.74) is 15.1. The van der Waals surface area contributed by atoms with Crippen LogP contribution in [0.1, 0.15) is 82.8 Å². The first-order chi connectivity index (χ1) is 32.9. The molecule has 4 bridgehead atoms. The van der Waals surface area contributed by atoms with E-state index in [2.05, 4.69) is 74.7 Å². The van der Waals surface area contributed by atoms with Crippen LogP contribution in [0.3, 0.4) is 0 Å². The largest absolute Gasteiger partial charge is 0.350 e. The molecular formula is C48H72Cl4N16. The molecule has 16 nitrogen and oxygen atoms in total. The fourth-order valence-electron chi connectivity index (χ4n) is 10.2. The van der Waals surface area contributed by atoms with Gasteiger partial charge in [0.05, 0.1) is 6.67 Å². The van der Waals surface area contributed by atoms with Crippen molar-refractivity contribution in [2.45, 2.75) is 110 Å². The number of likely N-dealkylation sites (N-methyl/N-ethyl adjacent to an activating group) is 1. The first kappa shape index (κ1) is 52.4. The number of anilines is 6. The van der Waals surface area contributed by atoms with E-state index in [-0.39, 0.29) is 16.5 Å². The van der Waals surface area contributed by atoms with Crippen LogP contribution < -0.4 is 32.7 Å². The van der Waals surface area contributed by atoms with E-state index in [1.54, 1.807) is 6.07 Å². The van der Waals surface area contributed by atoms with Crippen LogP contribution in [0.2, 0.25) is 20.6 Å². The van der Waals surface area contributed by atoms with Crippen molar-refractivity contribution >= 4 is 81.6 Å². The molecule has 0 radical (unpaired) electrons. The maximum Gasteiger partial charge on any atom is 0.233 e. The summed E-state index contributed by atoms with van der Waals surface area (Å²) in [6, 6.07) is 13.6. The van der Waals surface area contributed by atoms with Gasteiger partial charge in [-0.3, -0.25) is 9.80 Å². The van der Waals surface area contributed by atoms with Crippen molar-refractivity contribution in [1.29, 1.82) is 0 Å². The maximum absolute atomic E-state index is 6.33. The molecule has 68 heavy (non-hydrogen) atoms. The van der Waals surface area contributed by atoms with E-state index >= 15 is 0 Å². The molecule has 8 aliphatic rings. The Bertz CT molecular complexity index is 2180. The summed E-state index contributed by atoms with van der Waals surface area (Å²) >= 11 is 23.6.